The first-order chi connectivity index (χ1) is 15.0. The number of hydrogen-bond donors (Lipinski definition) is 3. The van der Waals surface area contributed by atoms with Crippen molar-refractivity contribution in [2.75, 3.05) is 5.32 Å². The molecule has 0 saturated carbocycles. The van der Waals surface area contributed by atoms with E-state index in [2.05, 4.69) is 39.4 Å². The van der Waals surface area contributed by atoms with E-state index in [1.807, 2.05) is 24.3 Å². The van der Waals surface area contributed by atoms with Gasteiger partial charge in [-0.05, 0) is 36.6 Å². The number of carbonyl (C=O) groups is 2. The van der Waals surface area contributed by atoms with Crippen LogP contribution in [0.2, 0.25) is 0 Å². The van der Waals surface area contributed by atoms with Crippen molar-refractivity contribution in [2.24, 2.45) is 5.92 Å². The second kappa shape index (κ2) is 9.13. The third kappa shape index (κ3) is 5.18. The highest BCUT2D eigenvalue weighted by molar-refractivity contribution is 7.14. The summed E-state index contributed by atoms with van der Waals surface area (Å²) in [5, 5.41) is 7.93. The zero-order valence-electron chi connectivity index (χ0n) is 17.2. The number of nitrogens with zero attached hydrogens (tertiary/aromatic N) is 2. The van der Waals surface area contributed by atoms with Gasteiger partial charge in [-0.1, -0.05) is 26.0 Å². The third-order valence-electron chi connectivity index (χ3n) is 4.64. The largest absolute Gasteiger partial charge is 0.459 e. The van der Waals surface area contributed by atoms with Crippen LogP contribution in [0.1, 0.15) is 48.4 Å². The number of aromatic amines is 1. The molecule has 4 rings (SSSR count). The lowest BCUT2D eigenvalue weighted by molar-refractivity contribution is -0.121. The SMILES string of the molecule is CC(C)C[C@H](NC(=O)Cc1csc(NC(=O)c2ccco2)n1)c1nc2ccccc2[nH]1. The van der Waals surface area contributed by atoms with Crippen LogP contribution in [-0.4, -0.2) is 26.8 Å². The molecule has 1 atom stereocenters. The molecule has 8 nitrogen and oxygen atoms in total. The summed E-state index contributed by atoms with van der Waals surface area (Å²) in [4.78, 5) is 37.1. The van der Waals surface area contributed by atoms with Crippen LogP contribution in [0.15, 0.2) is 52.5 Å². The van der Waals surface area contributed by atoms with Gasteiger partial charge in [-0.15, -0.1) is 11.3 Å². The van der Waals surface area contributed by atoms with E-state index in [1.54, 1.807) is 17.5 Å². The lowest BCUT2D eigenvalue weighted by Crippen LogP contribution is -2.31. The Labute approximate surface area is 183 Å². The van der Waals surface area contributed by atoms with Crippen molar-refractivity contribution in [1.82, 2.24) is 20.3 Å². The van der Waals surface area contributed by atoms with Crippen molar-refractivity contribution in [3.05, 3.63) is 65.3 Å². The number of carbonyl (C=O) groups excluding carboxylic acids is 2. The number of imidazole rings is 1. The van der Waals surface area contributed by atoms with Crippen LogP contribution < -0.4 is 10.6 Å². The quantitative estimate of drug-likeness (QED) is 0.380. The summed E-state index contributed by atoms with van der Waals surface area (Å²) in [6.45, 7) is 4.21. The number of H-pyrrole nitrogens is 1. The van der Waals surface area contributed by atoms with Crippen molar-refractivity contribution < 1.29 is 14.0 Å². The van der Waals surface area contributed by atoms with E-state index in [1.165, 1.54) is 17.6 Å². The Morgan fingerprint density at radius 1 is 1.16 bits per heavy atom. The molecule has 160 valence electrons. The van der Waals surface area contributed by atoms with Crippen molar-refractivity contribution in [3.8, 4) is 0 Å². The van der Waals surface area contributed by atoms with E-state index in [0.717, 1.165) is 23.3 Å². The molecular formula is C22H23N5O3S. The van der Waals surface area contributed by atoms with Gasteiger partial charge in [0.1, 0.15) is 5.82 Å². The summed E-state index contributed by atoms with van der Waals surface area (Å²) in [5.74, 6) is 0.795. The summed E-state index contributed by atoms with van der Waals surface area (Å²) in [5.41, 5.74) is 2.40. The lowest BCUT2D eigenvalue weighted by atomic mass is 10.0. The number of aromatic nitrogens is 3. The summed E-state index contributed by atoms with van der Waals surface area (Å²) in [6.07, 6.45) is 2.30. The van der Waals surface area contributed by atoms with Gasteiger partial charge in [-0.25, -0.2) is 9.97 Å². The fourth-order valence-corrected chi connectivity index (χ4v) is 3.98. The Hall–Kier alpha value is -3.46. The number of benzene rings is 1. The molecule has 0 aliphatic carbocycles. The van der Waals surface area contributed by atoms with Gasteiger partial charge in [0.05, 0.1) is 35.5 Å². The first kappa shape index (κ1) is 20.8. The van der Waals surface area contributed by atoms with E-state index in [-0.39, 0.29) is 30.0 Å². The molecule has 0 fully saturated rings. The van der Waals surface area contributed by atoms with Crippen molar-refractivity contribution in [2.45, 2.75) is 32.7 Å². The fourth-order valence-electron chi connectivity index (χ4n) is 3.27. The van der Waals surface area contributed by atoms with Crippen molar-refractivity contribution in [1.29, 1.82) is 0 Å². The minimum Gasteiger partial charge on any atom is -0.459 e. The van der Waals surface area contributed by atoms with Crippen LogP contribution in [0.5, 0.6) is 0 Å². The first-order valence-electron chi connectivity index (χ1n) is 10.0. The maximum atomic E-state index is 12.7. The van der Waals surface area contributed by atoms with Crippen LogP contribution in [0, 0.1) is 5.92 Å². The zero-order valence-corrected chi connectivity index (χ0v) is 18.0. The van der Waals surface area contributed by atoms with Crippen LogP contribution in [0.4, 0.5) is 5.13 Å². The maximum Gasteiger partial charge on any atom is 0.293 e. The summed E-state index contributed by atoms with van der Waals surface area (Å²) in [7, 11) is 0. The maximum absolute atomic E-state index is 12.7. The third-order valence-corrected chi connectivity index (χ3v) is 5.45. The van der Waals surface area contributed by atoms with Gasteiger partial charge >= 0.3 is 0 Å². The summed E-state index contributed by atoms with van der Waals surface area (Å²) >= 11 is 1.26. The number of hydrogen-bond acceptors (Lipinski definition) is 6. The average molecular weight is 438 g/mol. The van der Waals surface area contributed by atoms with Crippen molar-refractivity contribution in [3.63, 3.8) is 0 Å². The summed E-state index contributed by atoms with van der Waals surface area (Å²) in [6, 6.07) is 10.8. The Bertz CT molecular complexity index is 1150. The van der Waals surface area contributed by atoms with E-state index < -0.39 is 0 Å². The lowest BCUT2D eigenvalue weighted by Gasteiger charge is -2.18. The van der Waals surface area contributed by atoms with E-state index in [4.69, 9.17) is 4.42 Å². The molecule has 2 amide bonds. The molecule has 1 aromatic carbocycles. The Balaban J connectivity index is 1.41. The Morgan fingerprint density at radius 2 is 2.00 bits per heavy atom. The van der Waals surface area contributed by atoms with Crippen LogP contribution in [-0.2, 0) is 11.2 Å². The number of nitrogens with one attached hydrogen (secondary N) is 3. The van der Waals surface area contributed by atoms with E-state index in [9.17, 15) is 9.59 Å². The highest BCUT2D eigenvalue weighted by atomic mass is 32.1. The molecule has 0 bridgehead atoms. The fraction of sp³-hybridized carbons (Fsp3) is 0.273. The Kier molecular flexibility index (Phi) is 6.13. The van der Waals surface area contributed by atoms with E-state index >= 15 is 0 Å². The van der Waals surface area contributed by atoms with Gasteiger partial charge in [-0.2, -0.15) is 0 Å². The molecule has 9 heteroatoms. The molecule has 0 unspecified atom stereocenters. The topological polar surface area (TPSA) is 113 Å². The minimum atomic E-state index is -0.378. The highest BCUT2D eigenvalue weighted by Gasteiger charge is 2.21. The second-order valence-corrected chi connectivity index (χ2v) is 8.50. The van der Waals surface area contributed by atoms with Gasteiger partial charge in [0, 0.05) is 5.38 Å². The highest BCUT2D eigenvalue weighted by Crippen LogP contribution is 2.23. The molecule has 4 aromatic rings. The van der Waals surface area contributed by atoms with E-state index in [0.29, 0.717) is 16.7 Å². The molecule has 3 heterocycles. The normalized spacial score (nSPS) is 12.2. The average Bonchev–Trinajstić information content (AvgIpc) is 3.47. The van der Waals surface area contributed by atoms with Crippen LogP contribution >= 0.6 is 11.3 Å². The number of para-hydroxylation sites is 2. The van der Waals surface area contributed by atoms with Crippen molar-refractivity contribution >= 4 is 39.3 Å². The second-order valence-electron chi connectivity index (χ2n) is 7.64. The zero-order chi connectivity index (χ0) is 21.8. The molecule has 0 spiro atoms. The van der Waals surface area contributed by atoms with Gasteiger partial charge < -0.3 is 14.7 Å². The molecule has 0 aliphatic rings. The number of fused-ring (bicyclic) bond motifs is 1. The van der Waals surface area contributed by atoms with Gasteiger partial charge in [-0.3, -0.25) is 14.9 Å². The monoisotopic (exact) mass is 437 g/mol. The molecule has 3 N–H and O–H groups in total. The summed E-state index contributed by atoms with van der Waals surface area (Å²) < 4.78 is 5.07. The molecule has 0 radical (unpaired) electrons. The number of rotatable bonds is 8. The predicted molar refractivity (Wildman–Crippen MR) is 119 cm³/mol. The molecule has 3 aromatic heterocycles. The number of thiazole rings is 1. The number of anilines is 1. The van der Waals surface area contributed by atoms with Gasteiger partial charge in [0.2, 0.25) is 5.91 Å². The number of amides is 2. The van der Waals surface area contributed by atoms with Crippen LogP contribution in [0.25, 0.3) is 11.0 Å². The molecule has 0 aliphatic heterocycles. The molecular weight excluding hydrogens is 414 g/mol. The standard InChI is InChI=1S/C22H23N5O3S/c1-13(2)10-17(20-25-15-6-3-4-7-16(15)26-20)24-19(28)11-14-12-31-22(23-14)27-21(29)18-8-5-9-30-18/h3-9,12-13,17H,10-11H2,1-2H3,(H,24,28)(H,25,26)(H,23,27,29)/t17-/m0/s1. The van der Waals surface area contributed by atoms with Gasteiger partial charge in [0.25, 0.3) is 5.91 Å². The molecule has 31 heavy (non-hydrogen) atoms. The smallest absolute Gasteiger partial charge is 0.293 e. The predicted octanol–water partition coefficient (Wildman–Crippen LogP) is 4.31. The molecule has 0 saturated heterocycles. The first-order valence-corrected chi connectivity index (χ1v) is 10.9. The number of furan rings is 1. The minimum absolute atomic E-state index is 0.113. The van der Waals surface area contributed by atoms with Crippen LogP contribution in [0.3, 0.4) is 0 Å². The Morgan fingerprint density at radius 3 is 2.74 bits per heavy atom. The van der Waals surface area contributed by atoms with Gasteiger partial charge in [0.15, 0.2) is 10.9 Å².